The average molecular weight is 353 g/mol. The maximum Gasteiger partial charge on any atom is 0.328 e. The molecule has 0 aromatic carbocycles. The van der Waals surface area contributed by atoms with E-state index in [1.807, 2.05) is 12.2 Å². The van der Waals surface area contributed by atoms with Crippen LogP contribution in [-0.4, -0.2) is 22.3 Å². The number of unbranched alkanes of at least 4 members (excludes halogenated alkanes) is 11. The molecule has 2 N–H and O–H groups in total. The molecule has 0 aromatic rings. The van der Waals surface area contributed by atoms with Crippen LogP contribution in [0.1, 0.15) is 103 Å². The van der Waals surface area contributed by atoms with Crippen molar-refractivity contribution in [2.45, 2.75) is 109 Å². The second-order valence-electron chi connectivity index (χ2n) is 7.03. The van der Waals surface area contributed by atoms with E-state index in [1.54, 1.807) is 6.08 Å². The summed E-state index contributed by atoms with van der Waals surface area (Å²) in [7, 11) is 0. The normalized spacial score (nSPS) is 13.0. The van der Waals surface area contributed by atoms with Crippen LogP contribution in [0.25, 0.3) is 0 Å². The fraction of sp³-hybridized carbons (Fsp3) is 0.773. The SMILES string of the molecule is CCCCCC(O)CCCCCCCCCCC/C=C/C=C/C(=O)O. The van der Waals surface area contributed by atoms with Gasteiger partial charge >= 0.3 is 5.97 Å². The van der Waals surface area contributed by atoms with Crippen molar-refractivity contribution in [2.24, 2.45) is 0 Å². The average Bonchev–Trinajstić information content (AvgIpc) is 2.58. The molecule has 25 heavy (non-hydrogen) atoms. The van der Waals surface area contributed by atoms with Crippen LogP contribution in [0, 0.1) is 0 Å². The Morgan fingerprint density at radius 3 is 1.88 bits per heavy atom. The summed E-state index contributed by atoms with van der Waals surface area (Å²) in [5, 5.41) is 18.3. The number of aliphatic hydroxyl groups excluding tert-OH is 1. The van der Waals surface area contributed by atoms with Gasteiger partial charge in [0.25, 0.3) is 0 Å². The lowest BCUT2D eigenvalue weighted by Gasteiger charge is -2.09. The van der Waals surface area contributed by atoms with Crippen LogP contribution in [0.3, 0.4) is 0 Å². The van der Waals surface area contributed by atoms with E-state index in [1.165, 1.54) is 77.0 Å². The molecule has 0 amide bonds. The Balaban J connectivity index is 3.20. The van der Waals surface area contributed by atoms with E-state index < -0.39 is 5.97 Å². The van der Waals surface area contributed by atoms with Crippen molar-refractivity contribution in [3.8, 4) is 0 Å². The van der Waals surface area contributed by atoms with Gasteiger partial charge in [0, 0.05) is 6.08 Å². The van der Waals surface area contributed by atoms with Gasteiger partial charge in [-0.15, -0.1) is 0 Å². The molecule has 146 valence electrons. The third kappa shape index (κ3) is 20.9. The molecule has 0 heterocycles. The molecule has 0 rings (SSSR count). The molecule has 0 aromatic heterocycles. The Hall–Kier alpha value is -1.09. The molecule has 0 aliphatic rings. The van der Waals surface area contributed by atoms with Gasteiger partial charge in [0.1, 0.15) is 0 Å². The van der Waals surface area contributed by atoms with Crippen molar-refractivity contribution >= 4 is 5.97 Å². The molecule has 0 radical (unpaired) electrons. The highest BCUT2D eigenvalue weighted by molar-refractivity contribution is 5.80. The lowest BCUT2D eigenvalue weighted by molar-refractivity contribution is -0.131. The van der Waals surface area contributed by atoms with Crippen LogP contribution in [0.5, 0.6) is 0 Å². The zero-order valence-corrected chi connectivity index (χ0v) is 16.3. The molecule has 1 unspecified atom stereocenters. The topological polar surface area (TPSA) is 57.5 Å². The third-order valence-corrected chi connectivity index (χ3v) is 4.54. The summed E-state index contributed by atoms with van der Waals surface area (Å²) >= 11 is 0. The Morgan fingerprint density at radius 2 is 1.32 bits per heavy atom. The van der Waals surface area contributed by atoms with Gasteiger partial charge in [-0.3, -0.25) is 0 Å². The van der Waals surface area contributed by atoms with E-state index in [9.17, 15) is 9.90 Å². The molecule has 0 bridgehead atoms. The van der Waals surface area contributed by atoms with Crippen molar-refractivity contribution < 1.29 is 15.0 Å². The number of carboxylic acids is 1. The summed E-state index contributed by atoms with van der Waals surface area (Å²) in [4.78, 5) is 10.3. The van der Waals surface area contributed by atoms with Gasteiger partial charge < -0.3 is 10.2 Å². The van der Waals surface area contributed by atoms with Gasteiger partial charge in [-0.05, 0) is 25.7 Å². The Bertz CT molecular complexity index is 347. The first kappa shape index (κ1) is 23.9. The molecule has 3 heteroatoms. The molecule has 0 aliphatic heterocycles. The van der Waals surface area contributed by atoms with E-state index in [2.05, 4.69) is 6.92 Å². The summed E-state index contributed by atoms with van der Waals surface area (Å²) in [5.74, 6) is -0.896. The summed E-state index contributed by atoms with van der Waals surface area (Å²) in [6.07, 6.45) is 24.6. The van der Waals surface area contributed by atoms with E-state index in [-0.39, 0.29) is 6.10 Å². The molecule has 0 saturated heterocycles. The van der Waals surface area contributed by atoms with Gasteiger partial charge in [0.2, 0.25) is 0 Å². The summed E-state index contributed by atoms with van der Waals surface area (Å²) in [6.45, 7) is 2.20. The standard InChI is InChI=1S/C22H40O3/c1-2-3-15-18-21(23)19-16-13-11-9-7-5-4-6-8-10-12-14-17-20-22(24)25/h12,14,17,20-21,23H,2-11,13,15-16,18-19H2,1H3,(H,24,25)/b14-12+,20-17+. The lowest BCUT2D eigenvalue weighted by Crippen LogP contribution is -2.05. The zero-order valence-electron chi connectivity index (χ0n) is 16.3. The highest BCUT2D eigenvalue weighted by atomic mass is 16.4. The molecule has 0 aliphatic carbocycles. The molecular formula is C22H40O3. The van der Waals surface area contributed by atoms with E-state index in [0.29, 0.717) is 0 Å². The number of rotatable bonds is 18. The van der Waals surface area contributed by atoms with Crippen molar-refractivity contribution in [1.82, 2.24) is 0 Å². The minimum Gasteiger partial charge on any atom is -0.478 e. The van der Waals surface area contributed by atoms with Crippen LogP contribution in [-0.2, 0) is 4.79 Å². The summed E-state index contributed by atoms with van der Waals surface area (Å²) in [6, 6.07) is 0. The molecular weight excluding hydrogens is 312 g/mol. The lowest BCUT2D eigenvalue weighted by atomic mass is 10.0. The number of allylic oxidation sites excluding steroid dienone is 3. The van der Waals surface area contributed by atoms with Crippen molar-refractivity contribution in [1.29, 1.82) is 0 Å². The molecule has 0 fully saturated rings. The van der Waals surface area contributed by atoms with Crippen LogP contribution in [0.4, 0.5) is 0 Å². The van der Waals surface area contributed by atoms with Gasteiger partial charge in [0.15, 0.2) is 0 Å². The third-order valence-electron chi connectivity index (χ3n) is 4.54. The first-order valence-corrected chi connectivity index (χ1v) is 10.4. The first-order valence-electron chi connectivity index (χ1n) is 10.4. The second-order valence-corrected chi connectivity index (χ2v) is 7.03. The van der Waals surface area contributed by atoms with Gasteiger partial charge in [-0.25, -0.2) is 4.79 Å². The van der Waals surface area contributed by atoms with Crippen molar-refractivity contribution in [2.75, 3.05) is 0 Å². The minimum atomic E-state index is -0.896. The second kappa shape index (κ2) is 19.2. The monoisotopic (exact) mass is 352 g/mol. The number of carboxylic acid groups (broad SMARTS) is 1. The van der Waals surface area contributed by atoms with E-state index >= 15 is 0 Å². The Kier molecular flexibility index (Phi) is 18.4. The summed E-state index contributed by atoms with van der Waals surface area (Å²) in [5.41, 5.74) is 0. The molecule has 3 nitrogen and oxygen atoms in total. The Labute approximate surface area is 155 Å². The minimum absolute atomic E-state index is 0.0692. The van der Waals surface area contributed by atoms with Gasteiger partial charge in [-0.1, -0.05) is 95.8 Å². The Morgan fingerprint density at radius 1 is 0.800 bits per heavy atom. The zero-order chi connectivity index (χ0) is 18.6. The number of carbonyl (C=O) groups is 1. The number of hydrogen-bond acceptors (Lipinski definition) is 2. The number of aliphatic hydroxyl groups is 1. The molecule has 0 saturated carbocycles. The van der Waals surface area contributed by atoms with E-state index in [0.717, 1.165) is 25.3 Å². The van der Waals surface area contributed by atoms with E-state index in [4.69, 9.17) is 5.11 Å². The summed E-state index contributed by atoms with van der Waals surface area (Å²) < 4.78 is 0. The maximum atomic E-state index is 10.3. The largest absolute Gasteiger partial charge is 0.478 e. The van der Waals surface area contributed by atoms with Crippen molar-refractivity contribution in [3.05, 3.63) is 24.3 Å². The van der Waals surface area contributed by atoms with Crippen LogP contribution in [0.2, 0.25) is 0 Å². The molecule has 1 atom stereocenters. The van der Waals surface area contributed by atoms with Crippen LogP contribution < -0.4 is 0 Å². The number of hydrogen-bond donors (Lipinski definition) is 2. The quantitative estimate of drug-likeness (QED) is 0.170. The van der Waals surface area contributed by atoms with Crippen LogP contribution >= 0.6 is 0 Å². The fourth-order valence-electron chi connectivity index (χ4n) is 2.97. The van der Waals surface area contributed by atoms with Gasteiger partial charge in [-0.2, -0.15) is 0 Å². The smallest absolute Gasteiger partial charge is 0.328 e. The van der Waals surface area contributed by atoms with Crippen LogP contribution in [0.15, 0.2) is 24.3 Å². The first-order chi connectivity index (χ1) is 12.2. The van der Waals surface area contributed by atoms with Gasteiger partial charge in [0.05, 0.1) is 6.10 Å². The molecule has 0 spiro atoms. The predicted molar refractivity (Wildman–Crippen MR) is 107 cm³/mol. The predicted octanol–water partition coefficient (Wildman–Crippen LogP) is 6.42. The number of aliphatic carboxylic acids is 1. The maximum absolute atomic E-state index is 10.3. The highest BCUT2D eigenvalue weighted by Gasteiger charge is 2.03. The fourth-order valence-corrected chi connectivity index (χ4v) is 2.97. The highest BCUT2D eigenvalue weighted by Crippen LogP contribution is 2.14. The van der Waals surface area contributed by atoms with Crippen molar-refractivity contribution in [3.63, 3.8) is 0 Å².